The molecule has 0 bridgehead atoms. The minimum absolute atomic E-state index is 0.0937. The molecule has 1 nitrogen and oxygen atoms in total. The Balaban J connectivity index is 3.06. The van der Waals surface area contributed by atoms with Crippen LogP contribution in [0.3, 0.4) is 0 Å². The average molecular weight is 207 g/mol. The van der Waals surface area contributed by atoms with Crippen LogP contribution in [-0.2, 0) is 6.42 Å². The first-order valence-corrected chi connectivity index (χ1v) is 4.10. The van der Waals surface area contributed by atoms with Gasteiger partial charge in [0.15, 0.2) is 23.3 Å². The lowest BCUT2D eigenvalue weighted by atomic mass is 10.1. The maximum Gasteiger partial charge on any atom is 0.197 e. The molecule has 0 amide bonds. The Morgan fingerprint density at radius 1 is 1.00 bits per heavy atom. The molecule has 0 saturated heterocycles. The third kappa shape index (κ3) is 2.04. The Morgan fingerprint density at radius 3 is 2.21 bits per heavy atom. The Kier molecular flexibility index (Phi) is 3.46. The molecule has 0 unspecified atom stereocenters. The van der Waals surface area contributed by atoms with Gasteiger partial charge in [-0.3, -0.25) is 0 Å². The molecule has 0 aromatic heterocycles. The monoisotopic (exact) mass is 207 g/mol. The topological polar surface area (TPSA) is 26.0 Å². The summed E-state index contributed by atoms with van der Waals surface area (Å²) in [5.74, 6) is -6.26. The highest BCUT2D eigenvalue weighted by Gasteiger charge is 2.17. The summed E-state index contributed by atoms with van der Waals surface area (Å²) in [6.45, 7) is 0.278. The van der Waals surface area contributed by atoms with Crippen LogP contribution in [0.2, 0.25) is 0 Å². The van der Waals surface area contributed by atoms with Crippen LogP contribution in [0.15, 0.2) is 6.07 Å². The lowest BCUT2D eigenvalue weighted by Crippen LogP contribution is -2.05. The molecule has 0 aliphatic heterocycles. The summed E-state index contributed by atoms with van der Waals surface area (Å²) in [6, 6.07) is 0.656. The lowest BCUT2D eigenvalue weighted by Gasteiger charge is -2.04. The number of halogens is 4. The summed E-state index contributed by atoms with van der Waals surface area (Å²) in [5, 5.41) is 0. The van der Waals surface area contributed by atoms with Crippen LogP contribution >= 0.6 is 0 Å². The minimum atomic E-state index is -1.78. The van der Waals surface area contributed by atoms with Gasteiger partial charge in [0, 0.05) is 0 Å². The van der Waals surface area contributed by atoms with Crippen molar-refractivity contribution in [2.45, 2.75) is 12.8 Å². The van der Waals surface area contributed by atoms with Crippen molar-refractivity contribution in [3.8, 4) is 0 Å². The van der Waals surface area contributed by atoms with Crippen molar-refractivity contribution in [1.29, 1.82) is 0 Å². The van der Waals surface area contributed by atoms with Gasteiger partial charge in [-0.15, -0.1) is 0 Å². The fraction of sp³-hybridized carbons (Fsp3) is 0.333. The summed E-state index contributed by atoms with van der Waals surface area (Å²) < 4.78 is 50.7. The Morgan fingerprint density at radius 2 is 1.64 bits per heavy atom. The molecule has 0 fully saturated rings. The van der Waals surface area contributed by atoms with E-state index in [1.807, 2.05) is 0 Å². The second-order valence-electron chi connectivity index (χ2n) is 2.85. The predicted octanol–water partition coefficient (Wildman–Crippen LogP) is 2.13. The van der Waals surface area contributed by atoms with Crippen LogP contribution in [0.25, 0.3) is 0 Å². The zero-order valence-electron chi connectivity index (χ0n) is 7.29. The number of aryl methyl sites for hydroxylation is 1. The third-order valence-electron chi connectivity index (χ3n) is 1.83. The fourth-order valence-corrected chi connectivity index (χ4v) is 1.10. The molecule has 0 heterocycles. The molecule has 0 saturated carbocycles. The van der Waals surface area contributed by atoms with E-state index in [0.29, 0.717) is 12.5 Å². The number of rotatable bonds is 3. The molecule has 5 heteroatoms. The number of hydrogen-bond acceptors (Lipinski definition) is 1. The predicted molar refractivity (Wildman–Crippen MR) is 43.6 cm³/mol. The van der Waals surface area contributed by atoms with Crippen LogP contribution in [0, 0.1) is 23.3 Å². The molecule has 0 aliphatic carbocycles. The van der Waals surface area contributed by atoms with Crippen LogP contribution < -0.4 is 5.73 Å². The molecule has 0 aliphatic rings. The first-order chi connectivity index (χ1) is 6.57. The molecule has 14 heavy (non-hydrogen) atoms. The van der Waals surface area contributed by atoms with E-state index >= 15 is 0 Å². The number of nitrogens with two attached hydrogens (primary N) is 1. The standard InChI is InChI=1S/C9H9F4N/c10-6-4-5(2-1-3-14)7(11)9(13)8(6)12/h4H,1-3,14H2. The van der Waals surface area contributed by atoms with Crippen molar-refractivity contribution in [3.05, 3.63) is 34.9 Å². The molecule has 2 N–H and O–H groups in total. The molecule has 0 spiro atoms. The summed E-state index contributed by atoms with van der Waals surface area (Å²) >= 11 is 0. The highest BCUT2D eigenvalue weighted by molar-refractivity contribution is 5.21. The second-order valence-corrected chi connectivity index (χ2v) is 2.85. The quantitative estimate of drug-likeness (QED) is 0.458. The van der Waals surface area contributed by atoms with Crippen LogP contribution in [-0.4, -0.2) is 6.54 Å². The van der Waals surface area contributed by atoms with Gasteiger partial charge in [-0.2, -0.15) is 0 Å². The van der Waals surface area contributed by atoms with Gasteiger partial charge in [-0.25, -0.2) is 17.6 Å². The van der Waals surface area contributed by atoms with Crippen molar-refractivity contribution >= 4 is 0 Å². The van der Waals surface area contributed by atoms with Crippen molar-refractivity contribution < 1.29 is 17.6 Å². The molecule has 0 radical (unpaired) electrons. The number of hydrogen-bond donors (Lipinski definition) is 1. The SMILES string of the molecule is NCCCc1cc(F)c(F)c(F)c1F. The molecular formula is C9H9F4N. The zero-order valence-corrected chi connectivity index (χ0v) is 7.29. The first kappa shape index (κ1) is 11.0. The van der Waals surface area contributed by atoms with Crippen molar-refractivity contribution in [1.82, 2.24) is 0 Å². The van der Waals surface area contributed by atoms with E-state index in [4.69, 9.17) is 5.73 Å². The molecule has 1 rings (SSSR count). The normalized spacial score (nSPS) is 10.6. The Labute approximate surface area is 78.5 Å². The van der Waals surface area contributed by atoms with Gasteiger partial charge in [0.2, 0.25) is 0 Å². The van der Waals surface area contributed by atoms with Gasteiger partial charge >= 0.3 is 0 Å². The lowest BCUT2D eigenvalue weighted by molar-refractivity contribution is 0.403. The summed E-state index contributed by atoms with van der Waals surface area (Å²) in [4.78, 5) is 0. The number of benzene rings is 1. The maximum absolute atomic E-state index is 12.9. The highest BCUT2D eigenvalue weighted by Crippen LogP contribution is 2.19. The van der Waals surface area contributed by atoms with Gasteiger partial charge in [0.05, 0.1) is 0 Å². The minimum Gasteiger partial charge on any atom is -0.330 e. The van der Waals surface area contributed by atoms with E-state index in [1.165, 1.54) is 0 Å². The van der Waals surface area contributed by atoms with Gasteiger partial charge in [-0.05, 0) is 31.0 Å². The van der Waals surface area contributed by atoms with Crippen LogP contribution in [0.5, 0.6) is 0 Å². The van der Waals surface area contributed by atoms with E-state index in [9.17, 15) is 17.6 Å². The van der Waals surface area contributed by atoms with Crippen molar-refractivity contribution in [2.75, 3.05) is 6.54 Å². The van der Waals surface area contributed by atoms with Crippen LogP contribution in [0.4, 0.5) is 17.6 Å². The molecule has 1 aromatic rings. The van der Waals surface area contributed by atoms with Gasteiger partial charge in [0.1, 0.15) is 0 Å². The smallest absolute Gasteiger partial charge is 0.197 e. The largest absolute Gasteiger partial charge is 0.330 e. The Bertz CT molecular complexity index is 338. The third-order valence-corrected chi connectivity index (χ3v) is 1.83. The van der Waals surface area contributed by atoms with E-state index in [0.717, 1.165) is 0 Å². The summed E-state index contributed by atoms with van der Waals surface area (Å²) in [5.41, 5.74) is 4.96. The summed E-state index contributed by atoms with van der Waals surface area (Å²) in [6.07, 6.45) is 0.484. The van der Waals surface area contributed by atoms with E-state index in [1.54, 1.807) is 0 Å². The van der Waals surface area contributed by atoms with Gasteiger partial charge in [0.25, 0.3) is 0 Å². The zero-order chi connectivity index (χ0) is 10.7. The molecule has 1 aromatic carbocycles. The highest BCUT2D eigenvalue weighted by atomic mass is 19.2. The Hall–Kier alpha value is -1.10. The van der Waals surface area contributed by atoms with Crippen LogP contribution in [0.1, 0.15) is 12.0 Å². The second kappa shape index (κ2) is 4.41. The fourth-order valence-electron chi connectivity index (χ4n) is 1.10. The van der Waals surface area contributed by atoms with E-state index in [2.05, 4.69) is 0 Å². The molecule has 78 valence electrons. The maximum atomic E-state index is 12.9. The van der Waals surface area contributed by atoms with Crippen molar-refractivity contribution in [3.63, 3.8) is 0 Å². The first-order valence-electron chi connectivity index (χ1n) is 4.10. The van der Waals surface area contributed by atoms with E-state index < -0.39 is 23.3 Å². The summed E-state index contributed by atoms with van der Waals surface area (Å²) in [7, 11) is 0. The van der Waals surface area contributed by atoms with Gasteiger partial charge < -0.3 is 5.73 Å². The van der Waals surface area contributed by atoms with E-state index in [-0.39, 0.29) is 18.5 Å². The van der Waals surface area contributed by atoms with Gasteiger partial charge in [-0.1, -0.05) is 0 Å². The molecular weight excluding hydrogens is 198 g/mol. The molecule has 0 atom stereocenters. The average Bonchev–Trinajstić information content (AvgIpc) is 2.18. The van der Waals surface area contributed by atoms with Crippen molar-refractivity contribution in [2.24, 2.45) is 5.73 Å².